The molecule has 0 spiro atoms. The highest BCUT2D eigenvalue weighted by Gasteiger charge is 2.37. The first kappa shape index (κ1) is 23.3. The summed E-state index contributed by atoms with van der Waals surface area (Å²) < 4.78 is 5.64. The quantitative estimate of drug-likeness (QED) is 0.478. The van der Waals surface area contributed by atoms with Gasteiger partial charge in [-0.05, 0) is 37.0 Å². The highest BCUT2D eigenvalue weighted by Crippen LogP contribution is 2.44. The van der Waals surface area contributed by atoms with Crippen LogP contribution >= 0.6 is 11.6 Å². The molecule has 1 fully saturated rings. The Morgan fingerprint density at radius 1 is 1.23 bits per heavy atom. The third-order valence-electron chi connectivity index (χ3n) is 5.76. The molecule has 0 atom stereocenters. The van der Waals surface area contributed by atoms with Crippen LogP contribution in [0.25, 0.3) is 0 Å². The lowest BCUT2D eigenvalue weighted by molar-refractivity contribution is 0.0933. The Morgan fingerprint density at radius 3 is 2.58 bits per heavy atom. The fourth-order valence-corrected chi connectivity index (χ4v) is 4.27. The fourth-order valence-electron chi connectivity index (χ4n) is 4.15. The molecule has 8 heteroatoms. The summed E-state index contributed by atoms with van der Waals surface area (Å²) in [6.45, 7) is 2.26. The van der Waals surface area contributed by atoms with E-state index in [9.17, 15) is 9.90 Å². The van der Waals surface area contributed by atoms with Crippen molar-refractivity contribution in [1.82, 2.24) is 15.3 Å². The number of halogens is 1. The lowest BCUT2D eigenvalue weighted by atomic mass is 9.76. The van der Waals surface area contributed by atoms with Crippen LogP contribution in [-0.2, 0) is 11.8 Å². The van der Waals surface area contributed by atoms with Gasteiger partial charge in [-0.2, -0.15) is 4.98 Å². The topological polar surface area (TPSA) is 105 Å². The van der Waals surface area contributed by atoms with Gasteiger partial charge in [-0.15, -0.1) is 0 Å². The van der Waals surface area contributed by atoms with Crippen molar-refractivity contribution < 1.29 is 19.7 Å². The number of nitrogens with one attached hydrogen (secondary N) is 1. The van der Waals surface area contributed by atoms with Crippen molar-refractivity contribution >= 4 is 17.5 Å². The molecule has 7 nitrogen and oxygen atoms in total. The number of hydrogen-bond donors (Lipinski definition) is 3. The van der Waals surface area contributed by atoms with Crippen LogP contribution in [-0.4, -0.2) is 45.8 Å². The van der Waals surface area contributed by atoms with Crippen molar-refractivity contribution in [2.24, 2.45) is 0 Å². The van der Waals surface area contributed by atoms with E-state index in [-0.39, 0.29) is 35.9 Å². The normalized spacial score (nSPS) is 15.1. The number of ether oxygens (including phenoxy) is 1. The number of aromatic nitrogens is 2. The molecular weight excluding hydrogens is 418 g/mol. The number of benzene rings is 1. The van der Waals surface area contributed by atoms with Crippen molar-refractivity contribution in [3.63, 3.8) is 0 Å². The number of hydrogen-bond acceptors (Lipinski definition) is 6. The second-order valence-corrected chi connectivity index (χ2v) is 8.43. The van der Waals surface area contributed by atoms with Crippen molar-refractivity contribution in [1.29, 1.82) is 0 Å². The van der Waals surface area contributed by atoms with Crippen LogP contribution in [0.2, 0.25) is 5.02 Å². The zero-order valence-electron chi connectivity index (χ0n) is 17.9. The SMILES string of the molecule is CCCCOc1c(O)nc(CC2(c3ccc(Cl)cc3)CCCC2)nc1C(=O)NCCO. The van der Waals surface area contributed by atoms with Gasteiger partial charge in [-0.3, -0.25) is 4.79 Å². The molecule has 1 saturated carbocycles. The molecule has 3 rings (SSSR count). The Bertz CT molecular complexity index is 883. The molecule has 31 heavy (non-hydrogen) atoms. The summed E-state index contributed by atoms with van der Waals surface area (Å²) in [5.74, 6) is -0.461. The van der Waals surface area contributed by atoms with Crippen LogP contribution in [0.1, 0.15) is 67.3 Å². The fraction of sp³-hybridized carbons (Fsp3) is 0.522. The number of amides is 1. The third-order valence-corrected chi connectivity index (χ3v) is 6.02. The summed E-state index contributed by atoms with van der Waals surface area (Å²) in [6, 6.07) is 7.83. The van der Waals surface area contributed by atoms with E-state index in [1.807, 2.05) is 31.2 Å². The first-order chi connectivity index (χ1) is 15.0. The Hall–Kier alpha value is -2.38. The number of unbranched alkanes of at least 4 members (excludes halogenated alkanes) is 1. The number of aliphatic hydroxyl groups excluding tert-OH is 1. The van der Waals surface area contributed by atoms with E-state index in [0.717, 1.165) is 44.1 Å². The van der Waals surface area contributed by atoms with Crippen LogP contribution in [0.15, 0.2) is 24.3 Å². The predicted molar refractivity (Wildman–Crippen MR) is 119 cm³/mol. The maximum absolute atomic E-state index is 12.7. The highest BCUT2D eigenvalue weighted by atomic mass is 35.5. The minimum Gasteiger partial charge on any atom is -0.491 e. The molecule has 2 aromatic rings. The van der Waals surface area contributed by atoms with E-state index in [2.05, 4.69) is 15.3 Å². The lowest BCUT2D eigenvalue weighted by Crippen LogP contribution is -2.30. The molecule has 0 radical (unpaired) electrons. The van der Waals surface area contributed by atoms with E-state index < -0.39 is 5.91 Å². The molecule has 0 bridgehead atoms. The van der Waals surface area contributed by atoms with Crippen molar-refractivity contribution in [2.75, 3.05) is 19.8 Å². The molecule has 1 aromatic heterocycles. The smallest absolute Gasteiger partial charge is 0.274 e. The van der Waals surface area contributed by atoms with E-state index in [0.29, 0.717) is 23.9 Å². The van der Waals surface area contributed by atoms with Crippen LogP contribution in [0.5, 0.6) is 11.6 Å². The average molecular weight is 448 g/mol. The number of carbonyl (C=O) groups excluding carboxylic acids is 1. The number of carbonyl (C=O) groups is 1. The maximum atomic E-state index is 12.7. The van der Waals surface area contributed by atoms with Crippen molar-refractivity contribution in [3.05, 3.63) is 46.4 Å². The zero-order chi connectivity index (χ0) is 22.3. The molecule has 1 aliphatic rings. The largest absolute Gasteiger partial charge is 0.491 e. The molecule has 1 amide bonds. The van der Waals surface area contributed by atoms with Crippen LogP contribution in [0.3, 0.4) is 0 Å². The van der Waals surface area contributed by atoms with Gasteiger partial charge < -0.3 is 20.3 Å². The van der Waals surface area contributed by atoms with Gasteiger partial charge in [0, 0.05) is 23.4 Å². The molecule has 0 aliphatic heterocycles. The molecule has 1 aromatic carbocycles. The first-order valence-corrected chi connectivity index (χ1v) is 11.2. The Labute approximate surface area is 187 Å². The van der Waals surface area contributed by atoms with E-state index in [1.54, 1.807) is 0 Å². The molecule has 0 saturated heterocycles. The molecule has 3 N–H and O–H groups in total. The van der Waals surface area contributed by atoms with Gasteiger partial charge in [0.15, 0.2) is 5.69 Å². The summed E-state index contributed by atoms with van der Waals surface area (Å²) in [5.41, 5.74) is 0.990. The maximum Gasteiger partial charge on any atom is 0.274 e. The third kappa shape index (κ3) is 5.66. The summed E-state index contributed by atoms with van der Waals surface area (Å²) in [5, 5.41) is 22.9. The second kappa shape index (κ2) is 10.8. The zero-order valence-corrected chi connectivity index (χ0v) is 18.6. The van der Waals surface area contributed by atoms with Crippen LogP contribution in [0, 0.1) is 0 Å². The summed E-state index contributed by atoms with van der Waals surface area (Å²) >= 11 is 6.08. The van der Waals surface area contributed by atoms with E-state index in [1.165, 1.54) is 0 Å². The van der Waals surface area contributed by atoms with Gasteiger partial charge in [0.05, 0.1) is 13.2 Å². The second-order valence-electron chi connectivity index (χ2n) is 7.99. The van der Waals surface area contributed by atoms with E-state index >= 15 is 0 Å². The lowest BCUT2D eigenvalue weighted by Gasteiger charge is -2.29. The molecule has 1 aliphatic carbocycles. The minimum atomic E-state index is -0.508. The molecule has 0 unspecified atom stereocenters. The summed E-state index contributed by atoms with van der Waals surface area (Å²) in [4.78, 5) is 21.5. The first-order valence-electron chi connectivity index (χ1n) is 10.9. The summed E-state index contributed by atoms with van der Waals surface area (Å²) in [7, 11) is 0. The van der Waals surface area contributed by atoms with Crippen LogP contribution < -0.4 is 10.1 Å². The van der Waals surface area contributed by atoms with Gasteiger partial charge in [0.25, 0.3) is 11.8 Å². The molecule has 168 valence electrons. The average Bonchev–Trinajstić information content (AvgIpc) is 3.23. The number of aromatic hydroxyl groups is 1. The van der Waals surface area contributed by atoms with Crippen molar-refractivity contribution in [2.45, 2.75) is 57.3 Å². The number of rotatable bonds is 10. The van der Waals surface area contributed by atoms with Gasteiger partial charge >= 0.3 is 0 Å². The number of aliphatic hydroxyl groups is 1. The van der Waals surface area contributed by atoms with Gasteiger partial charge in [0.2, 0.25) is 5.75 Å². The molecular formula is C23H30ClN3O4. The van der Waals surface area contributed by atoms with Gasteiger partial charge in [-0.1, -0.05) is 49.9 Å². The van der Waals surface area contributed by atoms with E-state index in [4.69, 9.17) is 21.4 Å². The predicted octanol–water partition coefficient (Wildman–Crippen LogP) is 3.79. The Kier molecular flexibility index (Phi) is 8.09. The van der Waals surface area contributed by atoms with Gasteiger partial charge in [-0.25, -0.2) is 4.98 Å². The van der Waals surface area contributed by atoms with Crippen molar-refractivity contribution in [3.8, 4) is 11.6 Å². The van der Waals surface area contributed by atoms with Crippen LogP contribution in [0.4, 0.5) is 0 Å². The monoisotopic (exact) mass is 447 g/mol. The molecule has 1 heterocycles. The summed E-state index contributed by atoms with van der Waals surface area (Å²) in [6.07, 6.45) is 6.32. The standard InChI is InChI=1S/C23H30ClN3O4/c1-2-3-14-31-20-19(21(29)25-12-13-28)26-18(27-22(20)30)15-23(10-4-5-11-23)16-6-8-17(24)9-7-16/h6-9,28H,2-5,10-15H2,1H3,(H,25,29)(H,26,27,30). The van der Waals surface area contributed by atoms with Gasteiger partial charge in [0.1, 0.15) is 5.82 Å². The Morgan fingerprint density at radius 2 is 1.94 bits per heavy atom. The minimum absolute atomic E-state index is 0.00342. The Balaban J connectivity index is 1.95. The highest BCUT2D eigenvalue weighted by molar-refractivity contribution is 6.30. The number of nitrogens with zero attached hydrogens (tertiary/aromatic N) is 2.